The Labute approximate surface area is 123 Å². The second-order valence-electron chi connectivity index (χ2n) is 5.36. The van der Waals surface area contributed by atoms with Crippen LogP contribution in [-0.4, -0.2) is 56.5 Å². The van der Waals surface area contributed by atoms with Crippen molar-refractivity contribution in [2.45, 2.75) is 18.8 Å². The van der Waals surface area contributed by atoms with E-state index < -0.39 is 0 Å². The van der Waals surface area contributed by atoms with E-state index in [4.69, 9.17) is 9.47 Å². The van der Waals surface area contributed by atoms with Gasteiger partial charge in [-0.05, 0) is 25.6 Å². The third-order valence-corrected chi connectivity index (χ3v) is 3.98. The SMILES string of the molecule is CN(CC1OCCO1)[C@H]1CCN(c2ccccc2F)C1=O. The molecule has 0 spiro atoms. The zero-order valence-corrected chi connectivity index (χ0v) is 12.0. The minimum absolute atomic E-state index is 0.0689. The van der Waals surface area contributed by atoms with Crippen LogP contribution < -0.4 is 4.90 Å². The molecule has 1 amide bonds. The molecule has 0 bridgehead atoms. The molecule has 6 heteroatoms. The summed E-state index contributed by atoms with van der Waals surface area (Å²) in [5.74, 6) is -0.433. The summed E-state index contributed by atoms with van der Waals surface area (Å²) in [7, 11) is 1.87. The summed E-state index contributed by atoms with van der Waals surface area (Å²) in [4.78, 5) is 16.0. The molecule has 1 aromatic carbocycles. The van der Waals surface area contributed by atoms with E-state index in [0.717, 1.165) is 0 Å². The number of para-hydroxylation sites is 1. The van der Waals surface area contributed by atoms with E-state index in [0.29, 0.717) is 38.4 Å². The summed E-state index contributed by atoms with van der Waals surface area (Å²) in [6.07, 6.45) is 0.404. The molecule has 114 valence electrons. The second-order valence-corrected chi connectivity index (χ2v) is 5.36. The van der Waals surface area contributed by atoms with Gasteiger partial charge in [0.15, 0.2) is 6.29 Å². The Balaban J connectivity index is 1.67. The predicted octanol–water partition coefficient (Wildman–Crippen LogP) is 1.24. The molecule has 5 nitrogen and oxygen atoms in total. The fourth-order valence-electron chi connectivity index (χ4n) is 2.86. The van der Waals surface area contributed by atoms with Gasteiger partial charge in [-0.1, -0.05) is 12.1 Å². The lowest BCUT2D eigenvalue weighted by Gasteiger charge is -2.25. The van der Waals surface area contributed by atoms with Crippen LogP contribution in [0.15, 0.2) is 24.3 Å². The highest BCUT2D eigenvalue weighted by atomic mass is 19.1. The molecule has 2 aliphatic rings. The molecule has 0 aromatic heterocycles. The number of nitrogens with zero attached hydrogens (tertiary/aromatic N) is 2. The van der Waals surface area contributed by atoms with Crippen molar-refractivity contribution in [2.75, 3.05) is 38.3 Å². The van der Waals surface area contributed by atoms with Crippen molar-refractivity contribution in [2.24, 2.45) is 0 Å². The van der Waals surface area contributed by atoms with Crippen molar-refractivity contribution < 1.29 is 18.7 Å². The van der Waals surface area contributed by atoms with Gasteiger partial charge in [0, 0.05) is 13.1 Å². The fraction of sp³-hybridized carbons (Fsp3) is 0.533. The van der Waals surface area contributed by atoms with Crippen LogP contribution in [0, 0.1) is 5.82 Å². The van der Waals surface area contributed by atoms with E-state index in [1.54, 1.807) is 18.2 Å². The molecule has 0 N–H and O–H groups in total. The molecule has 0 saturated carbocycles. The Bertz CT molecular complexity index is 519. The Morgan fingerprint density at radius 1 is 1.33 bits per heavy atom. The number of carbonyl (C=O) groups is 1. The molecule has 0 aliphatic carbocycles. The van der Waals surface area contributed by atoms with Crippen LogP contribution in [0.2, 0.25) is 0 Å². The molecule has 3 rings (SSSR count). The standard InChI is InChI=1S/C15H19FN2O3/c1-17(10-14-20-8-9-21-14)13-6-7-18(15(13)19)12-5-3-2-4-11(12)16/h2-5,13-14H,6-10H2,1H3/t13-/m0/s1. The molecular formula is C15H19FN2O3. The van der Waals surface area contributed by atoms with Crippen molar-refractivity contribution in [3.05, 3.63) is 30.1 Å². The van der Waals surface area contributed by atoms with Crippen molar-refractivity contribution >= 4 is 11.6 Å². The van der Waals surface area contributed by atoms with Gasteiger partial charge in [0.1, 0.15) is 5.82 Å². The second kappa shape index (κ2) is 6.09. The van der Waals surface area contributed by atoms with Crippen molar-refractivity contribution in [1.29, 1.82) is 0 Å². The Morgan fingerprint density at radius 3 is 2.76 bits per heavy atom. The van der Waals surface area contributed by atoms with Gasteiger partial charge in [0.2, 0.25) is 5.91 Å². The number of ether oxygens (including phenoxy) is 2. The summed E-state index contributed by atoms with van der Waals surface area (Å²) in [5, 5.41) is 0. The minimum Gasteiger partial charge on any atom is -0.349 e. The zero-order chi connectivity index (χ0) is 14.8. The van der Waals surface area contributed by atoms with Gasteiger partial charge < -0.3 is 14.4 Å². The number of carbonyl (C=O) groups excluding carboxylic acids is 1. The fourth-order valence-corrected chi connectivity index (χ4v) is 2.86. The maximum absolute atomic E-state index is 13.8. The monoisotopic (exact) mass is 294 g/mol. The van der Waals surface area contributed by atoms with Crippen LogP contribution in [0.25, 0.3) is 0 Å². The van der Waals surface area contributed by atoms with E-state index in [1.165, 1.54) is 11.0 Å². The highest BCUT2D eigenvalue weighted by molar-refractivity contribution is 5.99. The molecule has 1 aromatic rings. The maximum atomic E-state index is 13.8. The molecule has 2 aliphatic heterocycles. The van der Waals surface area contributed by atoms with Gasteiger partial charge in [0.25, 0.3) is 0 Å². The quantitative estimate of drug-likeness (QED) is 0.838. The van der Waals surface area contributed by atoms with Crippen LogP contribution in [0.3, 0.4) is 0 Å². The zero-order valence-electron chi connectivity index (χ0n) is 12.0. The molecule has 0 unspecified atom stereocenters. The molecule has 2 heterocycles. The number of hydrogen-bond donors (Lipinski definition) is 0. The van der Waals surface area contributed by atoms with Crippen LogP contribution in [0.1, 0.15) is 6.42 Å². The highest BCUT2D eigenvalue weighted by Crippen LogP contribution is 2.26. The number of rotatable bonds is 4. The van der Waals surface area contributed by atoms with Crippen LogP contribution in [0.4, 0.5) is 10.1 Å². The first-order valence-electron chi connectivity index (χ1n) is 7.16. The molecule has 2 fully saturated rings. The average molecular weight is 294 g/mol. The number of hydrogen-bond acceptors (Lipinski definition) is 4. The predicted molar refractivity (Wildman–Crippen MR) is 75.5 cm³/mol. The van der Waals surface area contributed by atoms with Gasteiger partial charge in [0.05, 0.1) is 24.9 Å². The lowest BCUT2D eigenvalue weighted by atomic mass is 10.2. The van der Waals surface area contributed by atoms with Crippen LogP contribution >= 0.6 is 0 Å². The number of likely N-dealkylation sites (N-methyl/N-ethyl adjacent to an activating group) is 1. The van der Waals surface area contributed by atoms with Gasteiger partial charge in [-0.2, -0.15) is 0 Å². The summed E-state index contributed by atoms with van der Waals surface area (Å²) in [6.45, 7) is 2.26. The largest absolute Gasteiger partial charge is 0.349 e. The van der Waals surface area contributed by atoms with Crippen LogP contribution in [0.5, 0.6) is 0 Å². The van der Waals surface area contributed by atoms with Crippen molar-refractivity contribution in [3.8, 4) is 0 Å². The number of anilines is 1. The highest BCUT2D eigenvalue weighted by Gasteiger charge is 2.37. The Morgan fingerprint density at radius 2 is 2.05 bits per heavy atom. The lowest BCUT2D eigenvalue weighted by Crippen LogP contribution is -2.43. The van der Waals surface area contributed by atoms with Crippen molar-refractivity contribution in [1.82, 2.24) is 4.90 Å². The topological polar surface area (TPSA) is 42.0 Å². The third kappa shape index (κ3) is 2.92. The molecule has 2 saturated heterocycles. The molecule has 0 radical (unpaired) electrons. The smallest absolute Gasteiger partial charge is 0.244 e. The summed E-state index contributed by atoms with van der Waals surface area (Å²) >= 11 is 0. The van der Waals surface area contributed by atoms with Gasteiger partial charge >= 0.3 is 0 Å². The molecule has 21 heavy (non-hydrogen) atoms. The summed E-state index contributed by atoms with van der Waals surface area (Å²) in [5.41, 5.74) is 0.353. The third-order valence-electron chi connectivity index (χ3n) is 3.98. The van der Waals surface area contributed by atoms with Gasteiger partial charge in [-0.25, -0.2) is 4.39 Å². The van der Waals surface area contributed by atoms with Gasteiger partial charge in [-0.15, -0.1) is 0 Å². The lowest BCUT2D eigenvalue weighted by molar-refractivity contribution is -0.123. The van der Waals surface area contributed by atoms with Crippen molar-refractivity contribution in [3.63, 3.8) is 0 Å². The number of benzene rings is 1. The molecular weight excluding hydrogens is 275 g/mol. The average Bonchev–Trinajstić information content (AvgIpc) is 3.09. The van der Waals surface area contributed by atoms with Gasteiger partial charge in [-0.3, -0.25) is 9.69 Å². The maximum Gasteiger partial charge on any atom is 0.244 e. The number of amides is 1. The summed E-state index contributed by atoms with van der Waals surface area (Å²) in [6, 6.07) is 6.12. The summed E-state index contributed by atoms with van der Waals surface area (Å²) < 4.78 is 24.6. The van der Waals surface area contributed by atoms with E-state index in [2.05, 4.69) is 0 Å². The van der Waals surface area contributed by atoms with E-state index in [-0.39, 0.29) is 24.1 Å². The first kappa shape index (κ1) is 14.4. The first-order chi connectivity index (χ1) is 10.2. The Hall–Kier alpha value is -1.50. The minimum atomic E-state index is -0.364. The van der Waals surface area contributed by atoms with E-state index in [1.807, 2.05) is 11.9 Å². The van der Waals surface area contributed by atoms with Crippen LogP contribution in [-0.2, 0) is 14.3 Å². The van der Waals surface area contributed by atoms with E-state index >= 15 is 0 Å². The van der Waals surface area contributed by atoms with E-state index in [9.17, 15) is 9.18 Å². The Kier molecular flexibility index (Phi) is 4.19. The first-order valence-corrected chi connectivity index (χ1v) is 7.16. The number of halogens is 1. The molecule has 1 atom stereocenters. The normalized spacial score (nSPS) is 23.5.